The average Bonchev–Trinajstić information content (AvgIpc) is 2.38. The van der Waals surface area contributed by atoms with E-state index in [1.807, 2.05) is 0 Å². The summed E-state index contributed by atoms with van der Waals surface area (Å²) in [4.78, 5) is 14.9. The number of halogens is 3. The summed E-state index contributed by atoms with van der Waals surface area (Å²) in [5.74, 6) is 0. The number of benzene rings is 1. The third-order valence-electron chi connectivity index (χ3n) is 2.76. The second-order valence-electron chi connectivity index (χ2n) is 4.06. The number of alkyl halides is 3. The smallest absolute Gasteiger partial charge is 0.298 e. The molecule has 0 atom stereocenters. The van der Waals surface area contributed by atoms with E-state index in [-0.39, 0.29) is 0 Å². The van der Waals surface area contributed by atoms with Crippen LogP contribution in [-0.4, -0.2) is 11.3 Å². The lowest BCUT2D eigenvalue weighted by molar-refractivity contribution is -0.137. The summed E-state index contributed by atoms with van der Waals surface area (Å²) in [7, 11) is 0. The first-order chi connectivity index (χ1) is 8.91. The molecule has 0 unspecified atom stereocenters. The normalized spacial score (nSPS) is 11.4. The highest BCUT2D eigenvalue weighted by molar-refractivity contribution is 5.77. The fraction of sp³-hybridized carbons (Fsp3) is 0.143. The first kappa shape index (κ1) is 13.3. The van der Waals surface area contributed by atoms with Crippen molar-refractivity contribution in [3.63, 3.8) is 0 Å². The number of nitrogens with zero attached hydrogens (tertiary/aromatic N) is 1. The number of carbonyl (C=O) groups excluding carboxylic acids is 1. The van der Waals surface area contributed by atoms with Crippen molar-refractivity contribution in [1.82, 2.24) is 4.98 Å². The molecule has 98 valence electrons. The van der Waals surface area contributed by atoms with Crippen LogP contribution in [0.15, 0.2) is 36.4 Å². The summed E-state index contributed by atoms with van der Waals surface area (Å²) in [6.07, 6.45) is -3.65. The third-order valence-corrected chi connectivity index (χ3v) is 2.76. The molecular formula is C14H10F3NO. The predicted molar refractivity (Wildman–Crippen MR) is 64.8 cm³/mol. The SMILES string of the molecule is Cc1nc(-c2ccc(C(F)(F)F)cc2)ccc1C=O. The predicted octanol–water partition coefficient (Wildman–Crippen LogP) is 3.89. The minimum Gasteiger partial charge on any atom is -0.298 e. The van der Waals surface area contributed by atoms with Gasteiger partial charge in [0.05, 0.1) is 11.3 Å². The number of aryl methyl sites for hydroxylation is 1. The number of carbonyl (C=O) groups is 1. The van der Waals surface area contributed by atoms with Gasteiger partial charge in [-0.25, -0.2) is 0 Å². The first-order valence-electron chi connectivity index (χ1n) is 5.52. The van der Waals surface area contributed by atoms with Crippen LogP contribution < -0.4 is 0 Å². The van der Waals surface area contributed by atoms with Crippen molar-refractivity contribution >= 4 is 6.29 Å². The molecule has 1 aromatic heterocycles. The van der Waals surface area contributed by atoms with Crippen molar-refractivity contribution in [3.05, 3.63) is 53.2 Å². The van der Waals surface area contributed by atoms with E-state index >= 15 is 0 Å². The van der Waals surface area contributed by atoms with Crippen LogP contribution in [0.4, 0.5) is 13.2 Å². The standard InChI is InChI=1S/C14H10F3NO/c1-9-11(8-19)4-7-13(18-9)10-2-5-12(6-3-10)14(15,16)17/h2-8H,1H3. The van der Waals surface area contributed by atoms with Gasteiger partial charge in [0.25, 0.3) is 0 Å². The molecule has 0 aliphatic rings. The molecule has 0 fully saturated rings. The largest absolute Gasteiger partial charge is 0.416 e. The van der Waals surface area contributed by atoms with Gasteiger partial charge >= 0.3 is 6.18 Å². The van der Waals surface area contributed by atoms with Crippen molar-refractivity contribution in [2.24, 2.45) is 0 Å². The molecule has 19 heavy (non-hydrogen) atoms. The van der Waals surface area contributed by atoms with Gasteiger partial charge in [0, 0.05) is 16.8 Å². The molecule has 0 radical (unpaired) electrons. The van der Waals surface area contributed by atoms with Gasteiger partial charge in [-0.1, -0.05) is 12.1 Å². The Morgan fingerprint density at radius 2 is 1.68 bits per heavy atom. The van der Waals surface area contributed by atoms with E-state index in [0.717, 1.165) is 12.1 Å². The number of rotatable bonds is 2. The van der Waals surface area contributed by atoms with Gasteiger partial charge in [-0.15, -0.1) is 0 Å². The van der Waals surface area contributed by atoms with E-state index in [1.165, 1.54) is 12.1 Å². The van der Waals surface area contributed by atoms with Gasteiger partial charge in [-0.05, 0) is 31.2 Å². The highest BCUT2D eigenvalue weighted by Gasteiger charge is 2.29. The minimum atomic E-state index is -4.34. The molecule has 0 spiro atoms. The molecule has 1 aromatic carbocycles. The van der Waals surface area contributed by atoms with Gasteiger partial charge in [-0.2, -0.15) is 13.2 Å². The minimum absolute atomic E-state index is 0.468. The average molecular weight is 265 g/mol. The Labute approximate surface area is 107 Å². The maximum Gasteiger partial charge on any atom is 0.416 e. The fourth-order valence-electron chi connectivity index (χ4n) is 1.69. The Morgan fingerprint density at radius 1 is 1.05 bits per heavy atom. The van der Waals surface area contributed by atoms with Crippen LogP contribution in [-0.2, 0) is 6.18 Å². The van der Waals surface area contributed by atoms with E-state index in [2.05, 4.69) is 4.98 Å². The molecule has 5 heteroatoms. The van der Waals surface area contributed by atoms with Crippen LogP contribution >= 0.6 is 0 Å². The zero-order valence-electron chi connectivity index (χ0n) is 10.0. The van der Waals surface area contributed by atoms with Crippen LogP contribution in [0.5, 0.6) is 0 Å². The highest BCUT2D eigenvalue weighted by atomic mass is 19.4. The molecule has 0 bridgehead atoms. The lowest BCUT2D eigenvalue weighted by atomic mass is 10.1. The molecule has 0 amide bonds. The highest BCUT2D eigenvalue weighted by Crippen LogP contribution is 2.30. The number of aromatic nitrogens is 1. The molecule has 0 aliphatic heterocycles. The Hall–Kier alpha value is -2.17. The molecule has 0 N–H and O–H groups in total. The number of aldehydes is 1. The number of pyridine rings is 1. The zero-order valence-corrected chi connectivity index (χ0v) is 10.0. The Kier molecular flexibility index (Phi) is 3.38. The molecule has 1 heterocycles. The van der Waals surface area contributed by atoms with Gasteiger partial charge in [-0.3, -0.25) is 9.78 Å². The summed E-state index contributed by atoms with van der Waals surface area (Å²) in [5.41, 5.74) is 1.44. The molecule has 2 aromatic rings. The van der Waals surface area contributed by atoms with Gasteiger partial charge in [0.15, 0.2) is 6.29 Å². The van der Waals surface area contributed by atoms with E-state index < -0.39 is 11.7 Å². The maximum atomic E-state index is 12.4. The Balaban J connectivity index is 2.37. The number of hydrogen-bond acceptors (Lipinski definition) is 2. The molecule has 0 saturated heterocycles. The second-order valence-corrected chi connectivity index (χ2v) is 4.06. The van der Waals surface area contributed by atoms with Crippen molar-refractivity contribution in [3.8, 4) is 11.3 Å². The van der Waals surface area contributed by atoms with E-state index in [0.29, 0.717) is 28.8 Å². The Bertz CT molecular complexity index is 603. The van der Waals surface area contributed by atoms with Crippen LogP contribution in [0.1, 0.15) is 21.6 Å². The van der Waals surface area contributed by atoms with Crippen molar-refractivity contribution in [1.29, 1.82) is 0 Å². The lowest BCUT2D eigenvalue weighted by Gasteiger charge is -2.08. The second kappa shape index (κ2) is 4.84. The van der Waals surface area contributed by atoms with Gasteiger partial charge in [0.1, 0.15) is 0 Å². The van der Waals surface area contributed by atoms with E-state index in [9.17, 15) is 18.0 Å². The van der Waals surface area contributed by atoms with Gasteiger partial charge in [0.2, 0.25) is 0 Å². The quantitative estimate of drug-likeness (QED) is 0.771. The van der Waals surface area contributed by atoms with Crippen molar-refractivity contribution in [2.75, 3.05) is 0 Å². The van der Waals surface area contributed by atoms with E-state index in [4.69, 9.17) is 0 Å². The number of hydrogen-bond donors (Lipinski definition) is 0. The summed E-state index contributed by atoms with van der Waals surface area (Å²) >= 11 is 0. The molecule has 2 rings (SSSR count). The molecule has 0 saturated carbocycles. The van der Waals surface area contributed by atoms with E-state index in [1.54, 1.807) is 19.1 Å². The third kappa shape index (κ3) is 2.81. The zero-order chi connectivity index (χ0) is 14.0. The monoisotopic (exact) mass is 265 g/mol. The Morgan fingerprint density at radius 3 is 2.16 bits per heavy atom. The van der Waals surface area contributed by atoms with Crippen LogP contribution in [0.3, 0.4) is 0 Å². The lowest BCUT2D eigenvalue weighted by Crippen LogP contribution is -2.04. The summed E-state index contributed by atoms with van der Waals surface area (Å²) in [6.45, 7) is 1.68. The molecule has 2 nitrogen and oxygen atoms in total. The summed E-state index contributed by atoms with van der Waals surface area (Å²) in [5, 5.41) is 0. The van der Waals surface area contributed by atoms with Crippen LogP contribution in [0.25, 0.3) is 11.3 Å². The first-order valence-corrected chi connectivity index (χ1v) is 5.52. The van der Waals surface area contributed by atoms with Crippen molar-refractivity contribution in [2.45, 2.75) is 13.1 Å². The fourth-order valence-corrected chi connectivity index (χ4v) is 1.69. The molecule has 0 aliphatic carbocycles. The van der Waals surface area contributed by atoms with Crippen LogP contribution in [0, 0.1) is 6.92 Å². The topological polar surface area (TPSA) is 30.0 Å². The van der Waals surface area contributed by atoms with Crippen LogP contribution in [0.2, 0.25) is 0 Å². The summed E-state index contributed by atoms with van der Waals surface area (Å²) in [6, 6.07) is 7.97. The van der Waals surface area contributed by atoms with Gasteiger partial charge < -0.3 is 0 Å². The maximum absolute atomic E-state index is 12.4. The summed E-state index contributed by atoms with van der Waals surface area (Å²) < 4.78 is 37.3. The van der Waals surface area contributed by atoms with Crippen molar-refractivity contribution < 1.29 is 18.0 Å². The molecular weight excluding hydrogens is 255 g/mol.